The van der Waals surface area contributed by atoms with Crippen LogP contribution in [0.3, 0.4) is 0 Å². The van der Waals surface area contributed by atoms with Gasteiger partial charge in [-0.1, -0.05) is 132 Å². The molecule has 0 fully saturated rings. The number of unbranched alkanes of at least 4 members (excludes halogenated alkanes) is 11. The molecule has 0 saturated carbocycles. The lowest BCUT2D eigenvalue weighted by Crippen LogP contribution is -2.43. The fourth-order valence-corrected chi connectivity index (χ4v) is 5.72. The Bertz CT molecular complexity index is 1290. The van der Waals surface area contributed by atoms with Gasteiger partial charge in [0.05, 0.1) is 11.1 Å². The number of hydrogen-bond donors (Lipinski definition) is 0. The Hall–Kier alpha value is -3.93. The Balaban J connectivity index is 1.43. The molecule has 0 unspecified atom stereocenters. The van der Waals surface area contributed by atoms with E-state index in [0.29, 0.717) is 23.4 Å². The lowest BCUT2D eigenvalue weighted by molar-refractivity contribution is -0.0489. The van der Waals surface area contributed by atoms with Gasteiger partial charge in [-0.15, -0.1) is 0 Å². The summed E-state index contributed by atoms with van der Waals surface area (Å²) in [6.45, 7) is 2.49. The normalized spacial score (nSPS) is 15.5. The van der Waals surface area contributed by atoms with Gasteiger partial charge in [0.15, 0.2) is 6.10 Å². The van der Waals surface area contributed by atoms with Crippen LogP contribution in [0.25, 0.3) is 0 Å². The second-order valence-corrected chi connectivity index (χ2v) is 11.9. The molecule has 1 aliphatic heterocycles. The van der Waals surface area contributed by atoms with E-state index in [1.54, 1.807) is 36.4 Å². The first-order chi connectivity index (χ1) is 22.2. The van der Waals surface area contributed by atoms with Crippen LogP contribution in [-0.4, -0.2) is 42.7 Å². The summed E-state index contributed by atoms with van der Waals surface area (Å²) in [6, 6.07) is 27.0. The molecule has 6 heteroatoms. The summed E-state index contributed by atoms with van der Waals surface area (Å²) in [5.74, 6) is -0.411. The number of benzene rings is 3. The first-order valence-corrected chi connectivity index (χ1v) is 16.9. The zero-order chi connectivity index (χ0) is 31.5. The maximum atomic E-state index is 13.3. The Morgan fingerprint density at radius 2 is 1.13 bits per heavy atom. The van der Waals surface area contributed by atoms with Crippen molar-refractivity contribution in [2.75, 3.05) is 6.61 Å². The molecule has 0 amide bonds. The van der Waals surface area contributed by atoms with Crippen LogP contribution in [-0.2, 0) is 14.2 Å². The predicted molar refractivity (Wildman–Crippen MR) is 180 cm³/mol. The predicted octanol–water partition coefficient (Wildman–Crippen LogP) is 9.37. The lowest BCUT2D eigenvalue weighted by atomic mass is 9.99. The van der Waals surface area contributed by atoms with Crippen molar-refractivity contribution in [2.24, 2.45) is 4.99 Å². The molecule has 1 aliphatic rings. The van der Waals surface area contributed by atoms with Crippen molar-refractivity contribution in [1.82, 2.24) is 0 Å². The van der Waals surface area contributed by atoms with Crippen molar-refractivity contribution >= 4 is 17.8 Å². The van der Waals surface area contributed by atoms with Crippen molar-refractivity contribution in [3.63, 3.8) is 0 Å². The minimum Gasteiger partial charge on any atom is -0.475 e. The number of aliphatic imine (C=N–C) groups is 1. The molecule has 6 nitrogen and oxygen atoms in total. The molecule has 240 valence electrons. The monoisotopic (exact) mass is 611 g/mol. The average molecular weight is 612 g/mol. The number of nitrogens with zero attached hydrogens (tertiary/aromatic N) is 1. The number of carbonyl (C=O) groups is 2. The van der Waals surface area contributed by atoms with E-state index >= 15 is 0 Å². The van der Waals surface area contributed by atoms with Crippen molar-refractivity contribution in [3.8, 4) is 0 Å². The highest BCUT2D eigenvalue weighted by molar-refractivity contribution is 5.95. The third kappa shape index (κ3) is 11.5. The summed E-state index contributed by atoms with van der Waals surface area (Å²) < 4.78 is 18.3. The molecule has 0 spiro atoms. The summed E-state index contributed by atoms with van der Waals surface area (Å²) in [7, 11) is 0. The molecule has 3 aromatic rings. The van der Waals surface area contributed by atoms with Gasteiger partial charge in [-0.2, -0.15) is 0 Å². The van der Waals surface area contributed by atoms with Gasteiger partial charge in [0.2, 0.25) is 5.90 Å². The molecule has 3 atom stereocenters. The summed E-state index contributed by atoms with van der Waals surface area (Å²) in [5, 5.41) is 0. The molecule has 0 bridgehead atoms. The van der Waals surface area contributed by atoms with Gasteiger partial charge < -0.3 is 14.2 Å². The molecular formula is C39H49NO5. The smallest absolute Gasteiger partial charge is 0.338 e. The first kappa shape index (κ1) is 34.0. The second-order valence-electron chi connectivity index (χ2n) is 11.9. The van der Waals surface area contributed by atoms with Crippen LogP contribution in [0.5, 0.6) is 0 Å². The minimum atomic E-state index is -0.806. The topological polar surface area (TPSA) is 74.2 Å². The average Bonchev–Trinajstić information content (AvgIpc) is 3.58. The Morgan fingerprint density at radius 3 is 1.67 bits per heavy atom. The SMILES string of the molecule is CCCCCCCCCCCCCC[C@@H](OC(=O)c1ccccc1)[C@@H](OC(=O)c1ccccc1)[C@@H]1COC(c2ccccc2)=N1. The number of carbonyl (C=O) groups excluding carboxylic acids is 2. The highest BCUT2D eigenvalue weighted by atomic mass is 16.6. The zero-order valence-corrected chi connectivity index (χ0v) is 26.8. The van der Waals surface area contributed by atoms with Crippen LogP contribution >= 0.6 is 0 Å². The van der Waals surface area contributed by atoms with E-state index in [-0.39, 0.29) is 6.61 Å². The van der Waals surface area contributed by atoms with E-state index in [2.05, 4.69) is 6.92 Å². The highest BCUT2D eigenvalue weighted by Gasteiger charge is 2.39. The Kier molecular flexibility index (Phi) is 14.7. The molecule has 0 aliphatic carbocycles. The number of esters is 2. The molecule has 1 heterocycles. The van der Waals surface area contributed by atoms with E-state index in [1.807, 2.05) is 54.6 Å². The van der Waals surface area contributed by atoms with Gasteiger partial charge in [0.1, 0.15) is 18.8 Å². The molecule has 45 heavy (non-hydrogen) atoms. The molecule has 0 radical (unpaired) electrons. The third-order valence-electron chi connectivity index (χ3n) is 8.30. The number of hydrogen-bond acceptors (Lipinski definition) is 6. The first-order valence-electron chi connectivity index (χ1n) is 16.9. The van der Waals surface area contributed by atoms with Crippen molar-refractivity contribution < 1.29 is 23.8 Å². The summed E-state index contributed by atoms with van der Waals surface area (Å²) in [6.07, 6.45) is 13.9. The maximum Gasteiger partial charge on any atom is 0.338 e. The Labute approximate surface area is 269 Å². The minimum absolute atomic E-state index is 0.231. The standard InChI is InChI=1S/C39H49NO5/c1-2-3-4-5-6-7-8-9-10-11-12-22-29-35(44-38(41)32-25-18-14-19-26-32)36(45-39(42)33-27-20-15-21-28-33)34-30-43-37(40-34)31-23-16-13-17-24-31/h13-21,23-28,34-36H,2-12,22,29-30H2,1H3/t34-,35+,36-/m0/s1. The summed E-state index contributed by atoms with van der Waals surface area (Å²) in [5.41, 5.74) is 1.75. The molecule has 3 aromatic carbocycles. The van der Waals surface area contributed by atoms with Gasteiger partial charge in [0, 0.05) is 5.56 Å². The van der Waals surface area contributed by atoms with Gasteiger partial charge in [-0.25, -0.2) is 14.6 Å². The van der Waals surface area contributed by atoms with Gasteiger partial charge >= 0.3 is 11.9 Å². The van der Waals surface area contributed by atoms with Crippen LogP contribution in [0.1, 0.15) is 117 Å². The van der Waals surface area contributed by atoms with Crippen molar-refractivity contribution in [1.29, 1.82) is 0 Å². The largest absolute Gasteiger partial charge is 0.475 e. The van der Waals surface area contributed by atoms with Crippen LogP contribution < -0.4 is 0 Å². The zero-order valence-electron chi connectivity index (χ0n) is 26.8. The number of ether oxygens (including phenoxy) is 3. The van der Waals surface area contributed by atoms with E-state index in [0.717, 1.165) is 24.8 Å². The molecule has 0 saturated heterocycles. The van der Waals surface area contributed by atoms with E-state index in [9.17, 15) is 9.59 Å². The van der Waals surface area contributed by atoms with Crippen molar-refractivity contribution in [2.45, 2.75) is 109 Å². The second kappa shape index (κ2) is 19.5. The van der Waals surface area contributed by atoms with Crippen LogP contribution in [0.2, 0.25) is 0 Å². The highest BCUT2D eigenvalue weighted by Crippen LogP contribution is 2.26. The maximum absolute atomic E-state index is 13.3. The Morgan fingerprint density at radius 1 is 0.667 bits per heavy atom. The van der Waals surface area contributed by atoms with E-state index < -0.39 is 30.2 Å². The molecule has 4 rings (SSSR count). The van der Waals surface area contributed by atoms with Crippen LogP contribution in [0.15, 0.2) is 96.0 Å². The van der Waals surface area contributed by atoms with E-state index in [1.165, 1.54) is 57.8 Å². The fraction of sp³-hybridized carbons (Fsp3) is 0.462. The molecule has 0 N–H and O–H groups in total. The third-order valence-corrected chi connectivity index (χ3v) is 8.30. The van der Waals surface area contributed by atoms with Gasteiger partial charge in [-0.3, -0.25) is 0 Å². The number of rotatable bonds is 20. The van der Waals surface area contributed by atoms with Crippen LogP contribution in [0, 0.1) is 0 Å². The molecule has 0 aromatic heterocycles. The molecular weight excluding hydrogens is 562 g/mol. The summed E-state index contributed by atoms with van der Waals surface area (Å²) >= 11 is 0. The van der Waals surface area contributed by atoms with E-state index in [4.69, 9.17) is 19.2 Å². The van der Waals surface area contributed by atoms with Crippen molar-refractivity contribution in [3.05, 3.63) is 108 Å². The summed E-state index contributed by atoms with van der Waals surface area (Å²) in [4.78, 5) is 31.5. The fourth-order valence-electron chi connectivity index (χ4n) is 5.72. The lowest BCUT2D eigenvalue weighted by Gasteiger charge is -2.29. The quantitative estimate of drug-likeness (QED) is 0.0940. The van der Waals surface area contributed by atoms with Crippen LogP contribution in [0.4, 0.5) is 0 Å². The van der Waals surface area contributed by atoms with Gasteiger partial charge in [-0.05, 0) is 49.2 Å². The van der Waals surface area contributed by atoms with Gasteiger partial charge in [0.25, 0.3) is 0 Å².